The van der Waals surface area contributed by atoms with Crippen molar-refractivity contribution >= 4 is 62.3 Å². The number of carbonyl (C=O) groups is 2. The summed E-state index contributed by atoms with van der Waals surface area (Å²) < 4.78 is 26.1. The van der Waals surface area contributed by atoms with E-state index in [1.165, 1.54) is 17.0 Å². The lowest BCUT2D eigenvalue weighted by Crippen LogP contribution is -2.52. The standard InChI is InChI=1S/C23H28Cl3N3O4S/c1-4-13-27-23(31)20(5-2)28(14-16-17(24)10-8-11-18(16)25)22(30)15-29(34(3,32)33)21-12-7-6-9-19(21)26/h6-12,20H,4-5,13-15H2,1-3H3,(H,27,31)/t20-/m0/s1. The van der Waals surface area contributed by atoms with Crippen LogP contribution in [0.2, 0.25) is 15.1 Å². The Morgan fingerprint density at radius 2 is 1.56 bits per heavy atom. The van der Waals surface area contributed by atoms with E-state index >= 15 is 0 Å². The van der Waals surface area contributed by atoms with E-state index < -0.39 is 28.5 Å². The second-order valence-corrected chi connectivity index (χ2v) is 10.8. The Bertz CT molecular complexity index is 1110. The van der Waals surface area contributed by atoms with Gasteiger partial charge in [0.2, 0.25) is 21.8 Å². The van der Waals surface area contributed by atoms with Gasteiger partial charge < -0.3 is 10.2 Å². The molecule has 2 aromatic rings. The second kappa shape index (κ2) is 12.6. The summed E-state index contributed by atoms with van der Waals surface area (Å²) in [6, 6.07) is 10.4. The Hall–Kier alpha value is -2.00. The lowest BCUT2D eigenvalue weighted by atomic mass is 10.1. The molecule has 0 spiro atoms. The summed E-state index contributed by atoms with van der Waals surface area (Å²) in [4.78, 5) is 27.8. The van der Waals surface area contributed by atoms with Crippen molar-refractivity contribution in [3.05, 3.63) is 63.1 Å². The molecule has 34 heavy (non-hydrogen) atoms. The Labute approximate surface area is 216 Å². The maximum atomic E-state index is 13.6. The number of halogens is 3. The molecule has 0 fully saturated rings. The summed E-state index contributed by atoms with van der Waals surface area (Å²) in [5.74, 6) is -0.940. The fourth-order valence-corrected chi connectivity index (χ4v) is 5.05. The Balaban J connectivity index is 2.50. The summed E-state index contributed by atoms with van der Waals surface area (Å²) in [7, 11) is -3.88. The summed E-state index contributed by atoms with van der Waals surface area (Å²) in [6.45, 7) is 3.51. The highest BCUT2D eigenvalue weighted by atomic mass is 35.5. The van der Waals surface area contributed by atoms with Crippen LogP contribution in [0.15, 0.2) is 42.5 Å². The summed E-state index contributed by atoms with van der Waals surface area (Å²) >= 11 is 18.9. The number of nitrogens with zero attached hydrogens (tertiary/aromatic N) is 2. The van der Waals surface area contributed by atoms with Crippen LogP contribution in [0.4, 0.5) is 5.69 Å². The van der Waals surface area contributed by atoms with Crippen LogP contribution in [0.5, 0.6) is 0 Å². The van der Waals surface area contributed by atoms with Gasteiger partial charge in [-0.05, 0) is 37.1 Å². The van der Waals surface area contributed by atoms with Gasteiger partial charge in [-0.2, -0.15) is 0 Å². The van der Waals surface area contributed by atoms with Crippen LogP contribution in [0, 0.1) is 0 Å². The first-order chi connectivity index (χ1) is 16.0. The van der Waals surface area contributed by atoms with Crippen molar-refractivity contribution in [2.45, 2.75) is 39.3 Å². The minimum atomic E-state index is -3.88. The van der Waals surface area contributed by atoms with Gasteiger partial charge in [0.05, 0.1) is 17.0 Å². The van der Waals surface area contributed by atoms with E-state index in [0.717, 1.165) is 17.0 Å². The first kappa shape index (κ1) is 28.2. The molecule has 186 valence electrons. The number of benzene rings is 2. The number of para-hydroxylation sites is 1. The number of nitrogens with one attached hydrogen (secondary N) is 1. The van der Waals surface area contributed by atoms with E-state index in [1.807, 2.05) is 6.92 Å². The third-order valence-corrected chi connectivity index (χ3v) is 7.28. The number of hydrogen-bond donors (Lipinski definition) is 1. The van der Waals surface area contributed by atoms with Gasteiger partial charge in [0.15, 0.2) is 0 Å². The molecule has 0 bridgehead atoms. The van der Waals surface area contributed by atoms with Gasteiger partial charge in [0, 0.05) is 28.7 Å². The fourth-order valence-electron chi connectivity index (χ4n) is 3.39. The third-order valence-electron chi connectivity index (χ3n) is 5.13. The first-order valence-electron chi connectivity index (χ1n) is 10.7. The van der Waals surface area contributed by atoms with Crippen molar-refractivity contribution in [3.63, 3.8) is 0 Å². The van der Waals surface area contributed by atoms with Crippen LogP contribution in [0.3, 0.4) is 0 Å². The van der Waals surface area contributed by atoms with Gasteiger partial charge in [-0.25, -0.2) is 8.42 Å². The Kier molecular flexibility index (Phi) is 10.5. The second-order valence-electron chi connectivity index (χ2n) is 7.66. The van der Waals surface area contributed by atoms with Crippen molar-refractivity contribution in [2.24, 2.45) is 0 Å². The summed E-state index contributed by atoms with van der Waals surface area (Å²) in [5.41, 5.74) is 0.629. The number of amides is 2. The summed E-state index contributed by atoms with van der Waals surface area (Å²) in [6.07, 6.45) is 2.01. The topological polar surface area (TPSA) is 86.8 Å². The van der Waals surface area contributed by atoms with E-state index in [2.05, 4.69) is 5.32 Å². The van der Waals surface area contributed by atoms with Gasteiger partial charge in [-0.15, -0.1) is 0 Å². The van der Waals surface area contributed by atoms with Crippen molar-refractivity contribution < 1.29 is 18.0 Å². The van der Waals surface area contributed by atoms with E-state index in [0.29, 0.717) is 28.6 Å². The van der Waals surface area contributed by atoms with Crippen molar-refractivity contribution in [1.82, 2.24) is 10.2 Å². The molecule has 1 N–H and O–H groups in total. The maximum absolute atomic E-state index is 13.6. The molecule has 0 aromatic heterocycles. The lowest BCUT2D eigenvalue weighted by molar-refractivity contribution is -0.140. The normalized spacial score (nSPS) is 12.2. The number of rotatable bonds is 11. The molecule has 11 heteroatoms. The van der Waals surface area contributed by atoms with E-state index in [1.54, 1.807) is 37.3 Å². The highest BCUT2D eigenvalue weighted by molar-refractivity contribution is 7.92. The number of hydrogen-bond acceptors (Lipinski definition) is 4. The highest BCUT2D eigenvalue weighted by Gasteiger charge is 2.32. The monoisotopic (exact) mass is 547 g/mol. The zero-order valence-electron chi connectivity index (χ0n) is 19.2. The van der Waals surface area contributed by atoms with Gasteiger partial charge in [-0.1, -0.05) is 66.8 Å². The number of anilines is 1. The first-order valence-corrected chi connectivity index (χ1v) is 13.7. The maximum Gasteiger partial charge on any atom is 0.244 e. The smallest absolute Gasteiger partial charge is 0.244 e. The zero-order valence-corrected chi connectivity index (χ0v) is 22.3. The van der Waals surface area contributed by atoms with Crippen LogP contribution in [0.1, 0.15) is 32.3 Å². The molecule has 2 rings (SSSR count). The van der Waals surface area contributed by atoms with Gasteiger partial charge in [0.1, 0.15) is 12.6 Å². The van der Waals surface area contributed by atoms with Crippen LogP contribution in [0.25, 0.3) is 0 Å². The lowest BCUT2D eigenvalue weighted by Gasteiger charge is -2.33. The van der Waals surface area contributed by atoms with E-state index in [9.17, 15) is 18.0 Å². The minimum Gasteiger partial charge on any atom is -0.354 e. The van der Waals surface area contributed by atoms with Crippen LogP contribution >= 0.6 is 34.8 Å². The highest BCUT2D eigenvalue weighted by Crippen LogP contribution is 2.29. The average molecular weight is 549 g/mol. The molecule has 0 heterocycles. The van der Waals surface area contributed by atoms with Crippen LogP contribution < -0.4 is 9.62 Å². The van der Waals surface area contributed by atoms with Crippen molar-refractivity contribution in [2.75, 3.05) is 23.7 Å². The molecule has 0 saturated heterocycles. The molecule has 0 unspecified atom stereocenters. The van der Waals surface area contributed by atoms with Gasteiger partial charge in [0.25, 0.3) is 0 Å². The number of carbonyl (C=O) groups excluding carboxylic acids is 2. The Morgan fingerprint density at radius 1 is 0.971 bits per heavy atom. The number of sulfonamides is 1. The van der Waals surface area contributed by atoms with Gasteiger partial charge in [-0.3, -0.25) is 13.9 Å². The Morgan fingerprint density at radius 3 is 2.09 bits per heavy atom. The zero-order chi connectivity index (χ0) is 25.5. The van der Waals surface area contributed by atoms with Gasteiger partial charge >= 0.3 is 0 Å². The van der Waals surface area contributed by atoms with Crippen LogP contribution in [-0.4, -0.2) is 50.5 Å². The van der Waals surface area contributed by atoms with E-state index in [-0.39, 0.29) is 23.2 Å². The van der Waals surface area contributed by atoms with Crippen molar-refractivity contribution in [3.8, 4) is 0 Å². The predicted octanol–water partition coefficient (Wildman–Crippen LogP) is 4.75. The molecule has 1 atom stereocenters. The SMILES string of the molecule is CCCNC(=O)[C@H](CC)N(Cc1c(Cl)cccc1Cl)C(=O)CN(c1ccccc1Cl)S(C)(=O)=O. The molecule has 0 aliphatic carbocycles. The summed E-state index contributed by atoms with van der Waals surface area (Å²) in [5, 5.41) is 3.65. The molecule has 0 saturated carbocycles. The molecule has 2 aromatic carbocycles. The van der Waals surface area contributed by atoms with E-state index in [4.69, 9.17) is 34.8 Å². The molecular formula is C23H28Cl3N3O4S. The fraction of sp³-hybridized carbons (Fsp3) is 0.391. The quantitative estimate of drug-likeness (QED) is 0.439. The van der Waals surface area contributed by atoms with Crippen molar-refractivity contribution in [1.29, 1.82) is 0 Å². The minimum absolute atomic E-state index is 0.0739. The third kappa shape index (κ3) is 7.25. The average Bonchev–Trinajstić information content (AvgIpc) is 2.77. The molecule has 0 aliphatic rings. The molecule has 7 nitrogen and oxygen atoms in total. The van der Waals surface area contributed by atoms with Crippen LogP contribution in [-0.2, 0) is 26.2 Å². The molecule has 0 radical (unpaired) electrons. The largest absolute Gasteiger partial charge is 0.354 e. The molecule has 0 aliphatic heterocycles. The molecular weight excluding hydrogens is 521 g/mol. The predicted molar refractivity (Wildman–Crippen MR) is 138 cm³/mol. The molecule has 2 amide bonds.